The van der Waals surface area contributed by atoms with E-state index >= 15 is 0 Å². The molecular formula is C16H21N3O5S. The van der Waals surface area contributed by atoms with Crippen LogP contribution in [-0.2, 0) is 15.6 Å². The first-order valence-electron chi connectivity index (χ1n) is 7.50. The Kier molecular flexibility index (Phi) is 4.92. The second kappa shape index (κ2) is 6.49. The molecule has 0 fully saturated rings. The lowest BCUT2D eigenvalue weighted by Gasteiger charge is -2.15. The van der Waals surface area contributed by atoms with Gasteiger partial charge in [0.1, 0.15) is 5.76 Å². The summed E-state index contributed by atoms with van der Waals surface area (Å²) in [6, 6.07) is 0.282. The normalized spacial score (nSPS) is 12.1. The quantitative estimate of drug-likeness (QED) is 0.762. The molecule has 2 heterocycles. The molecule has 0 saturated carbocycles. The van der Waals surface area contributed by atoms with Gasteiger partial charge in [0.15, 0.2) is 0 Å². The molecule has 0 aromatic carbocycles. The van der Waals surface area contributed by atoms with Crippen molar-refractivity contribution in [3.05, 3.63) is 40.9 Å². The molecule has 0 spiro atoms. The molecule has 2 amide bonds. The summed E-state index contributed by atoms with van der Waals surface area (Å²) in [4.78, 5) is 16.1. The topological polar surface area (TPSA) is 122 Å². The molecule has 0 aliphatic carbocycles. The zero-order valence-electron chi connectivity index (χ0n) is 14.7. The number of rotatable bonds is 4. The number of urea groups is 1. The number of anilines is 1. The van der Waals surface area contributed by atoms with Crippen molar-refractivity contribution in [2.45, 2.75) is 45.3 Å². The van der Waals surface area contributed by atoms with Crippen LogP contribution in [0.1, 0.15) is 36.3 Å². The fourth-order valence-corrected chi connectivity index (χ4v) is 3.31. The van der Waals surface area contributed by atoms with E-state index in [2.05, 4.69) is 10.3 Å². The summed E-state index contributed by atoms with van der Waals surface area (Å²) in [6.45, 7) is 8.05. The molecule has 0 saturated heterocycles. The van der Waals surface area contributed by atoms with Crippen molar-refractivity contribution in [1.82, 2.24) is 9.71 Å². The third-order valence-corrected chi connectivity index (χ3v) is 4.79. The summed E-state index contributed by atoms with van der Waals surface area (Å²) < 4.78 is 31.8. The lowest BCUT2D eigenvalue weighted by Crippen LogP contribution is -2.34. The number of furan rings is 1. The van der Waals surface area contributed by atoms with E-state index in [1.807, 2.05) is 4.72 Å². The van der Waals surface area contributed by atoms with E-state index in [0.29, 0.717) is 22.4 Å². The van der Waals surface area contributed by atoms with Gasteiger partial charge in [-0.25, -0.2) is 9.52 Å². The first-order valence-corrected chi connectivity index (χ1v) is 8.98. The summed E-state index contributed by atoms with van der Waals surface area (Å²) in [7, 11) is -4.22. The summed E-state index contributed by atoms with van der Waals surface area (Å²) in [5.74, 6) is 0.258. The molecule has 136 valence electrons. The van der Waals surface area contributed by atoms with Gasteiger partial charge in [0.2, 0.25) is 5.09 Å². The fourth-order valence-electron chi connectivity index (χ4n) is 2.40. The van der Waals surface area contributed by atoms with E-state index in [-0.39, 0.29) is 5.76 Å². The van der Waals surface area contributed by atoms with Crippen LogP contribution >= 0.6 is 0 Å². The highest BCUT2D eigenvalue weighted by Crippen LogP contribution is 2.28. The van der Waals surface area contributed by atoms with E-state index in [1.165, 1.54) is 26.8 Å². The van der Waals surface area contributed by atoms with Crippen LogP contribution in [-0.4, -0.2) is 24.5 Å². The summed E-state index contributed by atoms with van der Waals surface area (Å²) in [6.07, 6.45) is 3.12. The van der Waals surface area contributed by atoms with Crippen LogP contribution in [0.25, 0.3) is 0 Å². The minimum absolute atomic E-state index is 0.258. The van der Waals surface area contributed by atoms with Crippen molar-refractivity contribution in [2.75, 3.05) is 5.32 Å². The fraction of sp³-hybridized carbons (Fsp3) is 0.375. The van der Waals surface area contributed by atoms with Gasteiger partial charge in [0, 0.05) is 24.0 Å². The predicted molar refractivity (Wildman–Crippen MR) is 91.7 cm³/mol. The molecular weight excluding hydrogens is 346 g/mol. The number of hydrogen-bond acceptors (Lipinski definition) is 6. The van der Waals surface area contributed by atoms with Gasteiger partial charge in [-0.1, -0.05) is 0 Å². The maximum atomic E-state index is 12.3. The highest BCUT2D eigenvalue weighted by atomic mass is 32.2. The van der Waals surface area contributed by atoms with Gasteiger partial charge < -0.3 is 14.8 Å². The molecule has 3 N–H and O–H groups in total. The number of nitrogens with one attached hydrogen (secondary N) is 2. The van der Waals surface area contributed by atoms with Crippen molar-refractivity contribution >= 4 is 21.7 Å². The van der Waals surface area contributed by atoms with Crippen molar-refractivity contribution < 1.29 is 22.7 Å². The Labute approximate surface area is 146 Å². The maximum Gasteiger partial charge on any atom is 0.333 e. The Morgan fingerprint density at radius 3 is 2.24 bits per heavy atom. The van der Waals surface area contributed by atoms with E-state index in [4.69, 9.17) is 4.42 Å². The van der Waals surface area contributed by atoms with Gasteiger partial charge in [-0.15, -0.1) is 0 Å². The average molecular weight is 367 g/mol. The van der Waals surface area contributed by atoms with Gasteiger partial charge >= 0.3 is 6.03 Å². The molecule has 0 aliphatic rings. The van der Waals surface area contributed by atoms with Crippen LogP contribution in [0.3, 0.4) is 0 Å². The van der Waals surface area contributed by atoms with E-state index < -0.39 is 26.7 Å². The number of pyridine rings is 1. The third kappa shape index (κ3) is 4.18. The van der Waals surface area contributed by atoms with Crippen LogP contribution in [0.2, 0.25) is 0 Å². The van der Waals surface area contributed by atoms with E-state index in [1.54, 1.807) is 26.2 Å². The minimum atomic E-state index is -4.22. The van der Waals surface area contributed by atoms with Crippen molar-refractivity contribution in [2.24, 2.45) is 0 Å². The molecule has 8 nitrogen and oxygen atoms in total. The first-order chi connectivity index (χ1) is 11.4. The third-order valence-electron chi connectivity index (χ3n) is 3.61. The molecule has 2 aromatic rings. The number of aromatic nitrogens is 1. The van der Waals surface area contributed by atoms with Gasteiger partial charge in [0.05, 0.1) is 11.3 Å². The Hall–Kier alpha value is -2.39. The molecule has 0 unspecified atom stereocenters. The molecule has 25 heavy (non-hydrogen) atoms. The number of aliphatic hydroxyl groups is 1. The maximum absolute atomic E-state index is 12.3. The monoisotopic (exact) mass is 367 g/mol. The number of nitrogens with zero attached hydrogens (tertiary/aromatic N) is 1. The van der Waals surface area contributed by atoms with Crippen molar-refractivity contribution in [3.8, 4) is 0 Å². The Morgan fingerprint density at radius 1 is 1.20 bits per heavy atom. The number of carbonyl (C=O) groups excluding carboxylic acids is 1. The highest BCUT2D eigenvalue weighted by molar-refractivity contribution is 7.89. The Morgan fingerprint density at radius 2 is 1.76 bits per heavy atom. The molecule has 2 aromatic heterocycles. The van der Waals surface area contributed by atoms with Crippen LogP contribution in [0.4, 0.5) is 10.5 Å². The molecule has 9 heteroatoms. The summed E-state index contributed by atoms with van der Waals surface area (Å²) >= 11 is 0. The second-order valence-electron chi connectivity index (χ2n) is 6.30. The molecule has 2 rings (SSSR count). The number of carbonyl (C=O) groups is 1. The molecule has 0 radical (unpaired) electrons. The van der Waals surface area contributed by atoms with Gasteiger partial charge in [-0.3, -0.25) is 4.98 Å². The lowest BCUT2D eigenvalue weighted by atomic mass is 10.00. The Balaban J connectivity index is 2.23. The van der Waals surface area contributed by atoms with Crippen LogP contribution in [0.15, 0.2) is 28.0 Å². The summed E-state index contributed by atoms with van der Waals surface area (Å²) in [5.41, 5.74) is 0.940. The molecule has 0 bridgehead atoms. The lowest BCUT2D eigenvalue weighted by molar-refractivity contribution is 0.0769. The number of aryl methyl sites for hydroxylation is 3. The second-order valence-corrected chi connectivity index (χ2v) is 7.92. The zero-order valence-corrected chi connectivity index (χ0v) is 15.5. The smallest absolute Gasteiger partial charge is 0.333 e. The van der Waals surface area contributed by atoms with Crippen molar-refractivity contribution in [3.63, 3.8) is 0 Å². The minimum Gasteiger partial charge on any atom is -0.448 e. The van der Waals surface area contributed by atoms with Crippen LogP contribution in [0, 0.1) is 20.8 Å². The van der Waals surface area contributed by atoms with E-state index in [9.17, 15) is 18.3 Å². The van der Waals surface area contributed by atoms with Crippen LogP contribution < -0.4 is 10.0 Å². The largest absolute Gasteiger partial charge is 0.448 e. The number of sulfonamides is 1. The number of hydrogen-bond donors (Lipinski definition) is 3. The summed E-state index contributed by atoms with van der Waals surface area (Å²) in [5, 5.41) is 12.1. The predicted octanol–water partition coefficient (Wildman–Crippen LogP) is 2.34. The van der Waals surface area contributed by atoms with Crippen molar-refractivity contribution in [1.29, 1.82) is 0 Å². The van der Waals surface area contributed by atoms with Gasteiger partial charge in [0.25, 0.3) is 10.0 Å². The standard InChI is InChI=1S/C16H21N3O5S/c1-9-7-17-8-10(2)14(9)18-15(20)19-25(22,23)13-6-12(11(3)24-13)16(4,5)21/h6-8,21H,1-5H3,(H2,17,18,19,20). The van der Waals surface area contributed by atoms with E-state index in [0.717, 1.165) is 0 Å². The molecule has 0 atom stereocenters. The zero-order chi connectivity index (χ0) is 19.0. The first kappa shape index (κ1) is 18.9. The highest BCUT2D eigenvalue weighted by Gasteiger charge is 2.28. The SMILES string of the molecule is Cc1cncc(C)c1NC(=O)NS(=O)(=O)c1cc(C(C)(C)O)c(C)o1. The number of amides is 2. The average Bonchev–Trinajstić information content (AvgIpc) is 2.85. The Bertz CT molecular complexity index is 890. The molecule has 0 aliphatic heterocycles. The van der Waals surface area contributed by atoms with Crippen LogP contribution in [0.5, 0.6) is 0 Å². The van der Waals surface area contributed by atoms with Gasteiger partial charge in [-0.2, -0.15) is 8.42 Å². The van der Waals surface area contributed by atoms with Gasteiger partial charge in [-0.05, 0) is 45.7 Å².